The molecule has 0 radical (unpaired) electrons. The third kappa shape index (κ3) is 12.6. The van der Waals surface area contributed by atoms with Crippen LogP contribution >= 0.6 is 0 Å². The number of hydrogen-bond acceptors (Lipinski definition) is 2. The lowest BCUT2D eigenvalue weighted by molar-refractivity contribution is -0.112. The van der Waals surface area contributed by atoms with Crippen molar-refractivity contribution >= 4 is 5.78 Å². The van der Waals surface area contributed by atoms with Gasteiger partial charge in [0.15, 0.2) is 5.78 Å². The molecule has 1 heterocycles. The van der Waals surface area contributed by atoms with E-state index >= 15 is 0 Å². The van der Waals surface area contributed by atoms with Gasteiger partial charge in [-0.3, -0.25) is 9.78 Å². The maximum absolute atomic E-state index is 10.4. The minimum Gasteiger partial charge on any atom is -0.295 e. The number of allylic oxidation sites excluding steroid dienone is 2. The van der Waals surface area contributed by atoms with E-state index in [2.05, 4.69) is 11.9 Å². The van der Waals surface area contributed by atoms with E-state index in [9.17, 15) is 4.79 Å². The monoisotopic (exact) mass is 219 g/mol. The third-order valence-corrected chi connectivity index (χ3v) is 1.89. The van der Waals surface area contributed by atoms with Gasteiger partial charge < -0.3 is 0 Å². The van der Waals surface area contributed by atoms with Gasteiger partial charge in [-0.1, -0.05) is 31.9 Å². The maximum Gasteiger partial charge on any atom is 0.152 e. The number of ketones is 1. The van der Waals surface area contributed by atoms with E-state index in [1.807, 2.05) is 24.3 Å². The Morgan fingerprint density at radius 2 is 1.88 bits per heavy atom. The predicted octanol–water partition coefficient (Wildman–Crippen LogP) is 3.79. The van der Waals surface area contributed by atoms with Gasteiger partial charge in [0.2, 0.25) is 0 Å². The summed E-state index contributed by atoms with van der Waals surface area (Å²) in [5.41, 5.74) is 0. The molecule has 0 atom stereocenters. The number of unbranched alkanes of at least 4 members (excludes halogenated alkanes) is 3. The predicted molar refractivity (Wildman–Crippen MR) is 68.2 cm³/mol. The molecule has 0 saturated carbocycles. The zero-order valence-corrected chi connectivity index (χ0v) is 10.2. The average molecular weight is 219 g/mol. The number of pyridine rings is 1. The molecule has 1 aromatic rings. The molecule has 0 spiro atoms. The molecule has 0 aliphatic rings. The van der Waals surface area contributed by atoms with Crippen LogP contribution in [0.25, 0.3) is 0 Å². The second kappa shape index (κ2) is 11.6. The van der Waals surface area contributed by atoms with Crippen LogP contribution in [0.2, 0.25) is 0 Å². The van der Waals surface area contributed by atoms with Gasteiger partial charge in [0, 0.05) is 12.4 Å². The van der Waals surface area contributed by atoms with Crippen LogP contribution in [0, 0.1) is 0 Å². The van der Waals surface area contributed by atoms with E-state index in [4.69, 9.17) is 0 Å². The van der Waals surface area contributed by atoms with E-state index in [1.165, 1.54) is 19.3 Å². The number of nitrogens with zero attached hydrogens (tertiary/aromatic N) is 1. The minimum atomic E-state index is 0.150. The van der Waals surface area contributed by atoms with Crippen molar-refractivity contribution in [1.82, 2.24) is 4.98 Å². The van der Waals surface area contributed by atoms with Gasteiger partial charge in [0.1, 0.15) is 0 Å². The Morgan fingerprint density at radius 3 is 2.25 bits per heavy atom. The van der Waals surface area contributed by atoms with Crippen LogP contribution in [0.5, 0.6) is 0 Å². The number of rotatable bonds is 5. The van der Waals surface area contributed by atoms with Crippen LogP contribution in [0.3, 0.4) is 0 Å². The van der Waals surface area contributed by atoms with Crippen molar-refractivity contribution < 1.29 is 4.79 Å². The van der Waals surface area contributed by atoms with Crippen molar-refractivity contribution in [2.24, 2.45) is 0 Å². The van der Waals surface area contributed by atoms with Crippen molar-refractivity contribution in [1.29, 1.82) is 0 Å². The van der Waals surface area contributed by atoms with Gasteiger partial charge in [0.25, 0.3) is 0 Å². The van der Waals surface area contributed by atoms with Crippen molar-refractivity contribution in [3.8, 4) is 0 Å². The zero-order valence-electron chi connectivity index (χ0n) is 10.2. The first-order valence-corrected chi connectivity index (χ1v) is 5.79. The molecule has 2 nitrogen and oxygen atoms in total. The summed E-state index contributed by atoms with van der Waals surface area (Å²) in [6.07, 6.45) is 11.9. The van der Waals surface area contributed by atoms with Gasteiger partial charge in [-0.05, 0) is 38.0 Å². The molecule has 1 rings (SSSR count). The summed E-state index contributed by atoms with van der Waals surface area (Å²) in [4.78, 5) is 14.2. The molecule has 0 aliphatic heterocycles. The molecule has 2 heteroatoms. The van der Waals surface area contributed by atoms with Gasteiger partial charge >= 0.3 is 0 Å². The molecule has 88 valence electrons. The molecule has 0 aliphatic carbocycles. The fourth-order valence-corrected chi connectivity index (χ4v) is 1.07. The molecule has 16 heavy (non-hydrogen) atoms. The summed E-state index contributed by atoms with van der Waals surface area (Å²) in [5, 5.41) is 0. The van der Waals surface area contributed by atoms with E-state index < -0.39 is 0 Å². The van der Waals surface area contributed by atoms with E-state index in [-0.39, 0.29) is 5.78 Å². The Kier molecular flexibility index (Phi) is 10.6. The molecule has 0 saturated heterocycles. The highest BCUT2D eigenvalue weighted by molar-refractivity contribution is 5.87. The van der Waals surface area contributed by atoms with Crippen LogP contribution in [0.1, 0.15) is 39.5 Å². The Hall–Kier alpha value is -1.44. The zero-order chi connectivity index (χ0) is 12.1. The summed E-state index contributed by atoms with van der Waals surface area (Å²) in [6, 6.07) is 5.72. The molecule has 0 fully saturated rings. The topological polar surface area (TPSA) is 30.0 Å². The second-order valence-electron chi connectivity index (χ2n) is 3.53. The summed E-state index contributed by atoms with van der Waals surface area (Å²) in [5.74, 6) is 0.150. The van der Waals surface area contributed by atoms with Gasteiger partial charge in [0.05, 0.1) is 0 Å². The lowest BCUT2D eigenvalue weighted by atomic mass is 10.2. The first kappa shape index (κ1) is 14.6. The summed E-state index contributed by atoms with van der Waals surface area (Å²) in [7, 11) is 0. The Balaban J connectivity index is 0.000000315. The summed E-state index contributed by atoms with van der Waals surface area (Å²) < 4.78 is 0. The Labute approximate surface area is 98.4 Å². The number of carbonyl (C=O) groups is 1. The quantitative estimate of drug-likeness (QED) is 0.557. The van der Waals surface area contributed by atoms with Gasteiger partial charge in [-0.2, -0.15) is 0 Å². The van der Waals surface area contributed by atoms with Crippen molar-refractivity contribution in [2.75, 3.05) is 0 Å². The van der Waals surface area contributed by atoms with Gasteiger partial charge in [-0.25, -0.2) is 0 Å². The molecule has 0 unspecified atom stereocenters. The van der Waals surface area contributed by atoms with Crippen LogP contribution in [-0.4, -0.2) is 10.8 Å². The number of carbonyl (C=O) groups excluding carboxylic acids is 1. The number of aromatic nitrogens is 1. The smallest absolute Gasteiger partial charge is 0.152 e. The molecule has 0 bridgehead atoms. The fourth-order valence-electron chi connectivity index (χ4n) is 1.07. The highest BCUT2D eigenvalue weighted by Crippen LogP contribution is 1.99. The Bertz CT molecular complexity index is 253. The summed E-state index contributed by atoms with van der Waals surface area (Å²) >= 11 is 0. The minimum absolute atomic E-state index is 0.150. The van der Waals surface area contributed by atoms with Crippen LogP contribution in [0.15, 0.2) is 42.7 Å². The molecule has 0 amide bonds. The van der Waals surface area contributed by atoms with Crippen LogP contribution in [-0.2, 0) is 4.79 Å². The molecular formula is C14H21NO. The second-order valence-corrected chi connectivity index (χ2v) is 3.53. The van der Waals surface area contributed by atoms with Crippen molar-refractivity contribution in [3.05, 3.63) is 42.7 Å². The van der Waals surface area contributed by atoms with Gasteiger partial charge in [-0.15, -0.1) is 0 Å². The highest BCUT2D eigenvalue weighted by Gasteiger charge is 1.83. The van der Waals surface area contributed by atoms with Crippen LogP contribution in [0.4, 0.5) is 0 Å². The van der Waals surface area contributed by atoms with E-state index in [1.54, 1.807) is 25.4 Å². The standard InChI is InChI=1S/C9H16O.C5H5N/c1-3-4-5-6-7-8-9(2)10;1-2-4-6-5-3-1/h7-8H,3-6H2,1-2H3;1-5H. The molecule has 0 N–H and O–H groups in total. The molecule has 0 aromatic carbocycles. The molecular weight excluding hydrogens is 198 g/mol. The van der Waals surface area contributed by atoms with E-state index in [0.717, 1.165) is 6.42 Å². The van der Waals surface area contributed by atoms with Crippen molar-refractivity contribution in [3.63, 3.8) is 0 Å². The lowest BCUT2D eigenvalue weighted by Gasteiger charge is -1.89. The largest absolute Gasteiger partial charge is 0.295 e. The third-order valence-electron chi connectivity index (χ3n) is 1.89. The first-order chi connectivity index (χ1) is 7.77. The molecule has 1 aromatic heterocycles. The van der Waals surface area contributed by atoms with E-state index in [0.29, 0.717) is 0 Å². The average Bonchev–Trinajstić information content (AvgIpc) is 2.31. The Morgan fingerprint density at radius 1 is 1.19 bits per heavy atom. The fraction of sp³-hybridized carbons (Fsp3) is 0.429. The lowest BCUT2D eigenvalue weighted by Crippen LogP contribution is -1.79. The van der Waals surface area contributed by atoms with Crippen LogP contribution < -0.4 is 0 Å². The first-order valence-electron chi connectivity index (χ1n) is 5.79. The normalized spacial score (nSPS) is 9.62. The highest BCUT2D eigenvalue weighted by atomic mass is 16.1. The SMILES string of the molecule is CCCCCC=CC(C)=O.c1ccncc1. The summed E-state index contributed by atoms with van der Waals surface area (Å²) in [6.45, 7) is 3.75. The van der Waals surface area contributed by atoms with Crippen molar-refractivity contribution in [2.45, 2.75) is 39.5 Å². The number of hydrogen-bond donors (Lipinski definition) is 0. The maximum atomic E-state index is 10.4.